The van der Waals surface area contributed by atoms with Crippen molar-refractivity contribution in [2.24, 2.45) is 0 Å². The minimum Gasteiger partial charge on any atom is -0.424 e. The van der Waals surface area contributed by atoms with Crippen molar-refractivity contribution in [1.29, 1.82) is 0 Å². The van der Waals surface area contributed by atoms with Crippen LogP contribution in [-0.2, 0) is 6.42 Å². The third-order valence-electron chi connectivity index (χ3n) is 2.57. The molecule has 0 aliphatic heterocycles. The Morgan fingerprint density at radius 3 is 2.44 bits per heavy atom. The maximum Gasteiger partial charge on any atom is 0.234 e. The van der Waals surface area contributed by atoms with Gasteiger partial charge in [0.1, 0.15) is 5.38 Å². The van der Waals surface area contributed by atoms with Crippen molar-refractivity contribution in [3.63, 3.8) is 0 Å². The predicted molar refractivity (Wildman–Crippen MR) is 65.6 cm³/mol. The molecule has 4 heteroatoms. The molecular formula is C12H21ClN2O. The van der Waals surface area contributed by atoms with Crippen LogP contribution in [-0.4, -0.2) is 10.2 Å². The van der Waals surface area contributed by atoms with E-state index in [2.05, 4.69) is 17.1 Å². The number of rotatable bonds is 8. The molecule has 92 valence electrons. The zero-order chi connectivity index (χ0) is 11.8. The van der Waals surface area contributed by atoms with Crippen LogP contribution in [0.25, 0.3) is 0 Å². The van der Waals surface area contributed by atoms with Gasteiger partial charge in [-0.1, -0.05) is 39.0 Å². The molecule has 1 aromatic heterocycles. The van der Waals surface area contributed by atoms with Crippen LogP contribution in [0.3, 0.4) is 0 Å². The van der Waals surface area contributed by atoms with Gasteiger partial charge in [-0.2, -0.15) is 0 Å². The van der Waals surface area contributed by atoms with Crippen LogP contribution >= 0.6 is 11.6 Å². The van der Waals surface area contributed by atoms with Gasteiger partial charge in [0.15, 0.2) is 0 Å². The van der Waals surface area contributed by atoms with Crippen molar-refractivity contribution in [2.75, 3.05) is 0 Å². The van der Waals surface area contributed by atoms with Crippen molar-refractivity contribution in [3.8, 4) is 0 Å². The van der Waals surface area contributed by atoms with Crippen molar-refractivity contribution in [2.45, 2.75) is 64.2 Å². The van der Waals surface area contributed by atoms with E-state index >= 15 is 0 Å². The molecule has 0 bridgehead atoms. The molecule has 0 radical (unpaired) electrons. The Kier molecular flexibility index (Phi) is 6.46. The number of unbranched alkanes of at least 4 members (excludes halogenated alkanes) is 5. The van der Waals surface area contributed by atoms with Crippen LogP contribution in [0.15, 0.2) is 4.42 Å². The average Bonchev–Trinajstić information content (AvgIpc) is 2.72. The second kappa shape index (κ2) is 7.66. The summed E-state index contributed by atoms with van der Waals surface area (Å²) in [7, 11) is 0. The smallest absolute Gasteiger partial charge is 0.234 e. The Balaban J connectivity index is 2.12. The second-order valence-electron chi connectivity index (χ2n) is 4.17. The fourth-order valence-electron chi connectivity index (χ4n) is 1.58. The molecular weight excluding hydrogens is 224 g/mol. The Morgan fingerprint density at radius 2 is 1.81 bits per heavy atom. The van der Waals surface area contributed by atoms with Crippen molar-refractivity contribution in [3.05, 3.63) is 11.8 Å². The highest BCUT2D eigenvalue weighted by Gasteiger charge is 2.10. The van der Waals surface area contributed by atoms with Gasteiger partial charge in [-0.15, -0.1) is 21.8 Å². The van der Waals surface area contributed by atoms with Gasteiger partial charge in [0.25, 0.3) is 0 Å². The van der Waals surface area contributed by atoms with Crippen LogP contribution in [0.2, 0.25) is 0 Å². The molecule has 0 amide bonds. The summed E-state index contributed by atoms with van der Waals surface area (Å²) in [6, 6.07) is 0. The van der Waals surface area contributed by atoms with Crippen molar-refractivity contribution >= 4 is 11.6 Å². The molecule has 16 heavy (non-hydrogen) atoms. The highest BCUT2D eigenvalue weighted by atomic mass is 35.5. The van der Waals surface area contributed by atoms with E-state index in [9.17, 15) is 0 Å². The molecule has 0 spiro atoms. The highest BCUT2D eigenvalue weighted by Crippen LogP contribution is 2.18. The van der Waals surface area contributed by atoms with Crippen molar-refractivity contribution in [1.82, 2.24) is 10.2 Å². The van der Waals surface area contributed by atoms with Crippen LogP contribution < -0.4 is 0 Å². The average molecular weight is 245 g/mol. The topological polar surface area (TPSA) is 38.9 Å². The summed E-state index contributed by atoms with van der Waals surface area (Å²) >= 11 is 5.84. The van der Waals surface area contributed by atoms with E-state index in [1.807, 2.05) is 6.92 Å². The number of hydrogen-bond acceptors (Lipinski definition) is 3. The fourth-order valence-corrected chi connectivity index (χ4v) is 1.67. The first-order chi connectivity index (χ1) is 7.74. The molecule has 0 saturated carbocycles. The van der Waals surface area contributed by atoms with Gasteiger partial charge in [-0.25, -0.2) is 0 Å². The van der Waals surface area contributed by atoms with Gasteiger partial charge in [0.05, 0.1) is 0 Å². The summed E-state index contributed by atoms with van der Waals surface area (Å²) in [5.41, 5.74) is 0. The van der Waals surface area contributed by atoms with Gasteiger partial charge >= 0.3 is 0 Å². The molecule has 1 atom stereocenters. The predicted octanol–water partition coefficient (Wildman–Crippen LogP) is 4.27. The summed E-state index contributed by atoms with van der Waals surface area (Å²) < 4.78 is 5.42. The van der Waals surface area contributed by atoms with E-state index < -0.39 is 0 Å². The zero-order valence-corrected chi connectivity index (χ0v) is 11.0. The monoisotopic (exact) mass is 244 g/mol. The molecule has 1 aromatic rings. The summed E-state index contributed by atoms with van der Waals surface area (Å²) in [6.07, 6.45) is 8.53. The summed E-state index contributed by atoms with van der Waals surface area (Å²) in [5, 5.41) is 7.68. The normalized spacial score (nSPS) is 12.9. The maximum atomic E-state index is 5.84. The van der Waals surface area contributed by atoms with Crippen LogP contribution in [0.4, 0.5) is 0 Å². The molecule has 0 aromatic carbocycles. The van der Waals surface area contributed by atoms with E-state index in [-0.39, 0.29) is 5.38 Å². The lowest BCUT2D eigenvalue weighted by Crippen LogP contribution is -1.86. The Labute approximate surface area is 103 Å². The quantitative estimate of drug-likeness (QED) is 0.506. The molecule has 3 nitrogen and oxygen atoms in total. The van der Waals surface area contributed by atoms with Gasteiger partial charge < -0.3 is 4.42 Å². The highest BCUT2D eigenvalue weighted by molar-refractivity contribution is 6.20. The molecule has 1 rings (SSSR count). The summed E-state index contributed by atoms with van der Waals surface area (Å²) in [4.78, 5) is 0. The molecule has 0 saturated heterocycles. The van der Waals surface area contributed by atoms with Crippen LogP contribution in [0.1, 0.15) is 69.5 Å². The molecule has 1 heterocycles. The lowest BCUT2D eigenvalue weighted by molar-refractivity contribution is 0.440. The van der Waals surface area contributed by atoms with Crippen LogP contribution in [0.5, 0.6) is 0 Å². The Bertz CT molecular complexity index is 286. The van der Waals surface area contributed by atoms with Gasteiger partial charge in [-0.3, -0.25) is 0 Å². The first-order valence-corrected chi connectivity index (χ1v) is 6.64. The lowest BCUT2D eigenvalue weighted by Gasteiger charge is -1.98. The Hall–Kier alpha value is -0.570. The van der Waals surface area contributed by atoms with E-state index in [0.717, 1.165) is 18.7 Å². The molecule has 0 N–H and O–H groups in total. The summed E-state index contributed by atoms with van der Waals surface area (Å²) in [5.74, 6) is 1.25. The van der Waals surface area contributed by atoms with Gasteiger partial charge in [-0.05, 0) is 13.3 Å². The van der Waals surface area contributed by atoms with E-state index in [4.69, 9.17) is 16.0 Å². The fraction of sp³-hybridized carbons (Fsp3) is 0.833. The van der Waals surface area contributed by atoms with Crippen LogP contribution in [0, 0.1) is 0 Å². The first-order valence-electron chi connectivity index (χ1n) is 6.20. The van der Waals surface area contributed by atoms with E-state index in [1.165, 1.54) is 32.1 Å². The standard InChI is InChI=1S/C12H21ClN2O/c1-3-4-5-6-7-8-9-11-14-15-12(16-11)10(2)13/h10H,3-9H2,1-2H3. The summed E-state index contributed by atoms with van der Waals surface area (Å²) in [6.45, 7) is 4.07. The number of aryl methyl sites for hydroxylation is 1. The number of aromatic nitrogens is 2. The SMILES string of the molecule is CCCCCCCCc1nnc(C(C)Cl)o1. The molecule has 0 aliphatic carbocycles. The van der Waals surface area contributed by atoms with Gasteiger partial charge in [0, 0.05) is 6.42 Å². The second-order valence-corrected chi connectivity index (χ2v) is 4.82. The first kappa shape index (κ1) is 13.5. The lowest BCUT2D eigenvalue weighted by atomic mass is 10.1. The number of hydrogen-bond donors (Lipinski definition) is 0. The number of nitrogens with zero attached hydrogens (tertiary/aromatic N) is 2. The molecule has 0 fully saturated rings. The van der Waals surface area contributed by atoms with E-state index in [0.29, 0.717) is 5.89 Å². The minimum absolute atomic E-state index is 0.189. The third-order valence-corrected chi connectivity index (χ3v) is 2.75. The molecule has 0 aliphatic rings. The number of halogens is 1. The molecule has 1 unspecified atom stereocenters. The number of alkyl halides is 1. The largest absolute Gasteiger partial charge is 0.424 e. The maximum absolute atomic E-state index is 5.84. The Morgan fingerprint density at radius 1 is 1.12 bits per heavy atom. The van der Waals surface area contributed by atoms with E-state index in [1.54, 1.807) is 0 Å². The zero-order valence-electron chi connectivity index (χ0n) is 10.2. The minimum atomic E-state index is -0.189. The van der Waals surface area contributed by atoms with Gasteiger partial charge in [0.2, 0.25) is 11.8 Å². The van der Waals surface area contributed by atoms with Crippen molar-refractivity contribution < 1.29 is 4.42 Å². The third kappa shape index (κ3) is 4.97.